The van der Waals surface area contributed by atoms with E-state index in [0.29, 0.717) is 34.4 Å². The topological polar surface area (TPSA) is 98.5 Å². The lowest BCUT2D eigenvalue weighted by atomic mass is 10.1. The molecule has 5 aromatic rings. The minimum atomic E-state index is -3.79. The first-order chi connectivity index (χ1) is 16.0. The lowest BCUT2D eigenvalue weighted by Crippen LogP contribution is -2.12. The Kier molecular flexibility index (Phi) is 5.23. The predicted molar refractivity (Wildman–Crippen MR) is 125 cm³/mol. The van der Waals surface area contributed by atoms with E-state index in [9.17, 15) is 8.42 Å². The Labute approximate surface area is 190 Å². The van der Waals surface area contributed by atoms with E-state index < -0.39 is 10.0 Å². The van der Waals surface area contributed by atoms with Gasteiger partial charge in [-0.2, -0.15) is 9.61 Å². The number of benzene rings is 3. The zero-order valence-corrected chi connectivity index (χ0v) is 18.4. The summed E-state index contributed by atoms with van der Waals surface area (Å²) in [7, 11) is -3.79. The SMILES string of the molecule is Cc1nnc2ccc(-c3cccc(NS(=O)(=O)c4ccc(Oc5ccccc5)cc4)c3)nn12. The Balaban J connectivity index is 1.36. The quantitative estimate of drug-likeness (QED) is 0.397. The van der Waals surface area contributed by atoms with Crippen molar-refractivity contribution in [3.05, 3.63) is 96.8 Å². The lowest BCUT2D eigenvalue weighted by Gasteiger charge is -2.11. The van der Waals surface area contributed by atoms with Gasteiger partial charge in [-0.1, -0.05) is 30.3 Å². The molecule has 0 fully saturated rings. The molecule has 164 valence electrons. The number of aromatic nitrogens is 4. The lowest BCUT2D eigenvalue weighted by molar-refractivity contribution is 0.482. The van der Waals surface area contributed by atoms with Crippen molar-refractivity contribution in [2.75, 3.05) is 4.72 Å². The highest BCUT2D eigenvalue weighted by molar-refractivity contribution is 7.92. The number of anilines is 1. The molecule has 0 amide bonds. The summed E-state index contributed by atoms with van der Waals surface area (Å²) < 4.78 is 35.8. The summed E-state index contributed by atoms with van der Waals surface area (Å²) in [6, 6.07) is 26.3. The maximum atomic E-state index is 12.9. The summed E-state index contributed by atoms with van der Waals surface area (Å²) in [5, 5.41) is 12.6. The number of nitrogens with zero attached hydrogens (tertiary/aromatic N) is 4. The van der Waals surface area contributed by atoms with Crippen molar-refractivity contribution in [2.45, 2.75) is 11.8 Å². The third kappa shape index (κ3) is 4.39. The molecule has 0 aliphatic heterocycles. The molecule has 0 atom stereocenters. The van der Waals surface area contributed by atoms with Gasteiger partial charge in [0.15, 0.2) is 11.5 Å². The van der Waals surface area contributed by atoms with Crippen LogP contribution in [-0.2, 0) is 10.0 Å². The van der Waals surface area contributed by atoms with Gasteiger partial charge in [-0.05, 0) is 67.6 Å². The number of rotatable bonds is 6. The average Bonchev–Trinajstić information content (AvgIpc) is 3.20. The van der Waals surface area contributed by atoms with Crippen LogP contribution in [0.4, 0.5) is 5.69 Å². The van der Waals surface area contributed by atoms with E-state index in [4.69, 9.17) is 4.74 Å². The molecule has 0 aliphatic carbocycles. The van der Waals surface area contributed by atoms with Crippen molar-refractivity contribution >= 4 is 21.4 Å². The second-order valence-corrected chi connectivity index (χ2v) is 8.99. The van der Waals surface area contributed by atoms with E-state index in [1.54, 1.807) is 34.8 Å². The normalized spacial score (nSPS) is 11.4. The predicted octanol–water partition coefficient (Wildman–Crippen LogP) is 4.69. The number of hydrogen-bond donors (Lipinski definition) is 1. The summed E-state index contributed by atoms with van der Waals surface area (Å²) >= 11 is 0. The molecule has 33 heavy (non-hydrogen) atoms. The summed E-state index contributed by atoms with van der Waals surface area (Å²) in [4.78, 5) is 0.132. The number of aryl methyl sites for hydroxylation is 1. The van der Waals surface area contributed by atoms with Crippen molar-refractivity contribution in [1.82, 2.24) is 19.8 Å². The van der Waals surface area contributed by atoms with Gasteiger partial charge >= 0.3 is 0 Å². The average molecular weight is 458 g/mol. The first-order valence-corrected chi connectivity index (χ1v) is 11.6. The smallest absolute Gasteiger partial charge is 0.261 e. The Bertz CT molecular complexity index is 1530. The highest BCUT2D eigenvalue weighted by Gasteiger charge is 2.15. The second-order valence-electron chi connectivity index (χ2n) is 7.31. The third-order valence-electron chi connectivity index (χ3n) is 4.94. The first-order valence-electron chi connectivity index (χ1n) is 10.1. The number of ether oxygens (including phenoxy) is 1. The van der Waals surface area contributed by atoms with Gasteiger partial charge < -0.3 is 4.74 Å². The van der Waals surface area contributed by atoms with E-state index in [-0.39, 0.29) is 4.90 Å². The van der Waals surface area contributed by atoms with Crippen LogP contribution < -0.4 is 9.46 Å². The van der Waals surface area contributed by atoms with E-state index in [1.807, 2.05) is 55.5 Å². The number of hydrogen-bond acceptors (Lipinski definition) is 6. The van der Waals surface area contributed by atoms with Crippen LogP contribution in [0.2, 0.25) is 0 Å². The molecule has 0 unspecified atom stereocenters. The molecule has 0 saturated carbocycles. The molecule has 3 aromatic carbocycles. The summed E-state index contributed by atoms with van der Waals surface area (Å²) in [5.41, 5.74) is 2.51. The van der Waals surface area contributed by atoms with Gasteiger partial charge in [-0.25, -0.2) is 8.42 Å². The molecule has 1 N–H and O–H groups in total. The molecule has 8 nitrogen and oxygen atoms in total. The molecule has 0 saturated heterocycles. The van der Waals surface area contributed by atoms with Crippen molar-refractivity contribution in [1.29, 1.82) is 0 Å². The highest BCUT2D eigenvalue weighted by Crippen LogP contribution is 2.26. The largest absolute Gasteiger partial charge is 0.457 e. The van der Waals surface area contributed by atoms with Crippen LogP contribution in [0.1, 0.15) is 5.82 Å². The van der Waals surface area contributed by atoms with E-state index >= 15 is 0 Å². The Hall–Kier alpha value is -4.24. The Morgan fingerprint density at radius 2 is 1.58 bits per heavy atom. The second kappa shape index (κ2) is 8.36. The molecule has 9 heteroatoms. The van der Waals surface area contributed by atoms with Gasteiger partial charge in [0.05, 0.1) is 10.6 Å². The molecular weight excluding hydrogens is 438 g/mol. The van der Waals surface area contributed by atoms with Gasteiger partial charge in [0, 0.05) is 11.3 Å². The molecule has 0 bridgehead atoms. The summed E-state index contributed by atoms with van der Waals surface area (Å²) in [5.74, 6) is 1.90. The number of sulfonamides is 1. The fourth-order valence-corrected chi connectivity index (χ4v) is 4.37. The standard InChI is InChI=1S/C24H19N5O3S/c1-17-25-26-24-15-14-23(27-29(17)24)18-6-5-7-19(16-18)28-33(30,31)22-12-10-21(11-13-22)32-20-8-3-2-4-9-20/h2-16,28H,1H3. The van der Waals surface area contributed by atoms with E-state index in [2.05, 4.69) is 20.0 Å². The van der Waals surface area contributed by atoms with E-state index in [1.165, 1.54) is 12.1 Å². The molecule has 2 heterocycles. The Morgan fingerprint density at radius 3 is 2.36 bits per heavy atom. The molecule has 0 spiro atoms. The molecule has 0 aliphatic rings. The summed E-state index contributed by atoms with van der Waals surface area (Å²) in [6.45, 7) is 1.82. The number of fused-ring (bicyclic) bond motifs is 1. The Morgan fingerprint density at radius 1 is 0.818 bits per heavy atom. The van der Waals surface area contributed by atoms with Gasteiger partial charge in [-0.15, -0.1) is 10.2 Å². The number of nitrogens with one attached hydrogen (secondary N) is 1. The first kappa shape index (κ1) is 20.7. The highest BCUT2D eigenvalue weighted by atomic mass is 32.2. The third-order valence-corrected chi connectivity index (χ3v) is 6.34. The van der Waals surface area contributed by atoms with E-state index in [0.717, 1.165) is 5.56 Å². The van der Waals surface area contributed by atoms with Gasteiger partial charge in [0.1, 0.15) is 11.5 Å². The summed E-state index contributed by atoms with van der Waals surface area (Å²) in [6.07, 6.45) is 0. The number of para-hydroxylation sites is 1. The van der Waals surface area contributed by atoms with Crippen LogP contribution in [0.5, 0.6) is 11.5 Å². The zero-order chi connectivity index (χ0) is 22.8. The van der Waals surface area contributed by atoms with Crippen LogP contribution >= 0.6 is 0 Å². The minimum Gasteiger partial charge on any atom is -0.457 e. The monoisotopic (exact) mass is 457 g/mol. The fraction of sp³-hybridized carbons (Fsp3) is 0.0417. The molecule has 5 rings (SSSR count). The van der Waals surface area contributed by atoms with Crippen molar-refractivity contribution in [3.8, 4) is 22.8 Å². The van der Waals surface area contributed by atoms with Gasteiger partial charge in [-0.3, -0.25) is 4.72 Å². The maximum absolute atomic E-state index is 12.9. The van der Waals surface area contributed by atoms with Crippen LogP contribution in [0.25, 0.3) is 16.9 Å². The minimum absolute atomic E-state index is 0.132. The van der Waals surface area contributed by atoms with Crippen LogP contribution in [0.15, 0.2) is 95.9 Å². The zero-order valence-electron chi connectivity index (χ0n) is 17.6. The molecule has 2 aromatic heterocycles. The van der Waals surface area contributed by atoms with Crippen molar-refractivity contribution in [2.24, 2.45) is 0 Å². The molecular formula is C24H19N5O3S. The van der Waals surface area contributed by atoms with Crippen molar-refractivity contribution in [3.63, 3.8) is 0 Å². The molecule has 0 radical (unpaired) electrons. The van der Waals surface area contributed by atoms with Crippen LogP contribution in [-0.4, -0.2) is 28.2 Å². The van der Waals surface area contributed by atoms with Crippen LogP contribution in [0.3, 0.4) is 0 Å². The van der Waals surface area contributed by atoms with Gasteiger partial charge in [0.2, 0.25) is 0 Å². The van der Waals surface area contributed by atoms with Crippen LogP contribution in [0, 0.1) is 6.92 Å². The maximum Gasteiger partial charge on any atom is 0.261 e. The fourth-order valence-electron chi connectivity index (χ4n) is 3.32. The van der Waals surface area contributed by atoms with Gasteiger partial charge in [0.25, 0.3) is 10.0 Å². The van der Waals surface area contributed by atoms with Crippen molar-refractivity contribution < 1.29 is 13.2 Å².